The Kier molecular flexibility index (Phi) is 3.92. The highest BCUT2D eigenvalue weighted by molar-refractivity contribution is 9.10. The van der Waals surface area contributed by atoms with Crippen molar-refractivity contribution in [2.24, 2.45) is 0 Å². The number of phenols is 1. The highest BCUT2D eigenvalue weighted by atomic mass is 79.9. The minimum atomic E-state index is 0.0612. The molecule has 2 rings (SSSR count). The van der Waals surface area contributed by atoms with E-state index < -0.39 is 0 Å². The zero-order chi connectivity index (χ0) is 13.1. The van der Waals surface area contributed by atoms with Crippen molar-refractivity contribution in [3.8, 4) is 5.75 Å². The summed E-state index contributed by atoms with van der Waals surface area (Å²) in [6.07, 6.45) is 0. The number of hydrogen-bond donors (Lipinski definition) is 2. The zero-order valence-corrected chi connectivity index (χ0v) is 12.0. The van der Waals surface area contributed by atoms with Crippen molar-refractivity contribution in [2.45, 2.75) is 19.9 Å². The van der Waals surface area contributed by atoms with Crippen molar-refractivity contribution in [1.29, 1.82) is 0 Å². The van der Waals surface area contributed by atoms with Gasteiger partial charge in [0.05, 0.1) is 6.04 Å². The molecule has 0 saturated carbocycles. The number of anilines is 1. The highest BCUT2D eigenvalue weighted by Gasteiger charge is 2.10. The van der Waals surface area contributed by atoms with E-state index >= 15 is 0 Å². The number of nitrogens with one attached hydrogen (secondary N) is 1. The topological polar surface area (TPSA) is 32.3 Å². The predicted molar refractivity (Wildman–Crippen MR) is 79.0 cm³/mol. The van der Waals surface area contributed by atoms with E-state index in [1.165, 1.54) is 0 Å². The first kappa shape index (κ1) is 13.0. The Balaban J connectivity index is 2.18. The lowest BCUT2D eigenvalue weighted by Gasteiger charge is -2.17. The molecule has 0 bridgehead atoms. The Morgan fingerprint density at radius 2 is 1.78 bits per heavy atom. The van der Waals surface area contributed by atoms with Crippen molar-refractivity contribution in [1.82, 2.24) is 0 Å². The number of rotatable bonds is 3. The van der Waals surface area contributed by atoms with Gasteiger partial charge in [-0.2, -0.15) is 0 Å². The highest BCUT2D eigenvalue weighted by Crippen LogP contribution is 2.28. The smallest absolute Gasteiger partial charge is 0.120 e. The van der Waals surface area contributed by atoms with E-state index in [1.807, 2.05) is 50.2 Å². The predicted octanol–water partition coefficient (Wildman–Crippen LogP) is 4.64. The minimum Gasteiger partial charge on any atom is -0.508 e. The van der Waals surface area contributed by atoms with Crippen LogP contribution in [0, 0.1) is 6.92 Å². The van der Waals surface area contributed by atoms with Gasteiger partial charge in [-0.1, -0.05) is 33.6 Å². The molecule has 0 heterocycles. The molecule has 1 unspecified atom stereocenters. The van der Waals surface area contributed by atoms with Gasteiger partial charge in [0.15, 0.2) is 0 Å². The molecule has 0 aromatic heterocycles. The lowest BCUT2D eigenvalue weighted by molar-refractivity contribution is 0.465. The molecular weight excluding hydrogens is 290 g/mol. The third-order valence-corrected chi connectivity index (χ3v) is 3.41. The van der Waals surface area contributed by atoms with E-state index in [9.17, 15) is 5.11 Å². The van der Waals surface area contributed by atoms with Crippen LogP contribution in [-0.2, 0) is 0 Å². The largest absolute Gasteiger partial charge is 0.508 e. The van der Waals surface area contributed by atoms with Crippen LogP contribution in [-0.4, -0.2) is 5.11 Å². The second-order valence-corrected chi connectivity index (χ2v) is 5.35. The quantitative estimate of drug-likeness (QED) is 0.866. The standard InChI is InChI=1S/C15H16BrNO/c1-10-3-8-15(18)14(9-10)11(2)17-13-6-4-12(16)5-7-13/h3-9,11,17-18H,1-2H3. The minimum absolute atomic E-state index is 0.0612. The summed E-state index contributed by atoms with van der Waals surface area (Å²) in [7, 11) is 0. The Morgan fingerprint density at radius 1 is 1.11 bits per heavy atom. The summed E-state index contributed by atoms with van der Waals surface area (Å²) >= 11 is 3.41. The zero-order valence-electron chi connectivity index (χ0n) is 10.4. The lowest BCUT2D eigenvalue weighted by Crippen LogP contribution is -2.06. The van der Waals surface area contributed by atoms with Crippen molar-refractivity contribution < 1.29 is 5.11 Å². The van der Waals surface area contributed by atoms with Gasteiger partial charge in [-0.05, 0) is 44.2 Å². The summed E-state index contributed by atoms with van der Waals surface area (Å²) in [6, 6.07) is 13.7. The average Bonchev–Trinajstić information content (AvgIpc) is 2.35. The second-order valence-electron chi connectivity index (χ2n) is 4.44. The molecule has 94 valence electrons. The fourth-order valence-corrected chi connectivity index (χ4v) is 2.16. The molecule has 2 N–H and O–H groups in total. The molecule has 0 amide bonds. The van der Waals surface area contributed by atoms with E-state index in [0.29, 0.717) is 5.75 Å². The van der Waals surface area contributed by atoms with Crippen molar-refractivity contribution >= 4 is 21.6 Å². The third kappa shape index (κ3) is 3.05. The molecular formula is C15H16BrNO. The maximum Gasteiger partial charge on any atom is 0.120 e. The molecule has 2 nitrogen and oxygen atoms in total. The van der Waals surface area contributed by atoms with Crippen LogP contribution in [0.25, 0.3) is 0 Å². The van der Waals surface area contributed by atoms with Crippen LogP contribution >= 0.6 is 15.9 Å². The van der Waals surface area contributed by atoms with Crippen molar-refractivity contribution in [3.05, 3.63) is 58.1 Å². The van der Waals surface area contributed by atoms with Crippen LogP contribution < -0.4 is 5.32 Å². The fourth-order valence-electron chi connectivity index (χ4n) is 1.89. The molecule has 0 spiro atoms. The number of hydrogen-bond acceptors (Lipinski definition) is 2. The van der Waals surface area contributed by atoms with E-state index in [1.54, 1.807) is 6.07 Å². The molecule has 2 aromatic carbocycles. The molecule has 0 radical (unpaired) electrons. The van der Waals surface area contributed by atoms with Gasteiger partial charge >= 0.3 is 0 Å². The van der Waals surface area contributed by atoms with Crippen LogP contribution in [0.15, 0.2) is 46.9 Å². The Bertz CT molecular complexity index is 537. The molecule has 0 aliphatic heterocycles. The maximum absolute atomic E-state index is 9.88. The monoisotopic (exact) mass is 305 g/mol. The van der Waals surface area contributed by atoms with Gasteiger partial charge in [-0.3, -0.25) is 0 Å². The van der Waals surface area contributed by atoms with Gasteiger partial charge in [0.25, 0.3) is 0 Å². The molecule has 1 atom stereocenters. The van der Waals surface area contributed by atoms with Gasteiger partial charge in [0.1, 0.15) is 5.75 Å². The molecule has 3 heteroatoms. The maximum atomic E-state index is 9.88. The van der Waals surface area contributed by atoms with Gasteiger partial charge in [0.2, 0.25) is 0 Å². The Labute approximate surface area is 116 Å². The number of benzene rings is 2. The van der Waals surface area contributed by atoms with Crippen LogP contribution in [0.3, 0.4) is 0 Å². The van der Waals surface area contributed by atoms with Gasteiger partial charge < -0.3 is 10.4 Å². The second kappa shape index (κ2) is 5.44. The third-order valence-electron chi connectivity index (χ3n) is 2.88. The van der Waals surface area contributed by atoms with Gasteiger partial charge in [0, 0.05) is 15.7 Å². The SMILES string of the molecule is Cc1ccc(O)c(C(C)Nc2ccc(Br)cc2)c1. The number of phenolic OH excluding ortho intramolecular Hbond substituents is 1. The first-order chi connectivity index (χ1) is 8.56. The number of aryl methyl sites for hydroxylation is 1. The van der Waals surface area contributed by atoms with Crippen LogP contribution in [0.2, 0.25) is 0 Å². The van der Waals surface area contributed by atoms with E-state index in [0.717, 1.165) is 21.3 Å². The fraction of sp³-hybridized carbons (Fsp3) is 0.200. The van der Waals surface area contributed by atoms with Crippen LogP contribution in [0.5, 0.6) is 5.75 Å². The molecule has 2 aromatic rings. The Morgan fingerprint density at radius 3 is 2.44 bits per heavy atom. The van der Waals surface area contributed by atoms with Crippen LogP contribution in [0.1, 0.15) is 24.1 Å². The van der Waals surface area contributed by atoms with E-state index in [-0.39, 0.29) is 6.04 Å². The van der Waals surface area contributed by atoms with Gasteiger partial charge in [-0.25, -0.2) is 0 Å². The molecule has 0 aliphatic rings. The first-order valence-corrected chi connectivity index (χ1v) is 6.67. The molecule has 18 heavy (non-hydrogen) atoms. The molecule has 0 aliphatic carbocycles. The first-order valence-electron chi connectivity index (χ1n) is 5.88. The van der Waals surface area contributed by atoms with Crippen molar-refractivity contribution in [3.63, 3.8) is 0 Å². The lowest BCUT2D eigenvalue weighted by atomic mass is 10.0. The van der Waals surface area contributed by atoms with E-state index in [4.69, 9.17) is 0 Å². The summed E-state index contributed by atoms with van der Waals surface area (Å²) in [4.78, 5) is 0. The average molecular weight is 306 g/mol. The molecule has 0 saturated heterocycles. The Hall–Kier alpha value is -1.48. The van der Waals surface area contributed by atoms with Gasteiger partial charge in [-0.15, -0.1) is 0 Å². The van der Waals surface area contributed by atoms with Crippen LogP contribution in [0.4, 0.5) is 5.69 Å². The summed E-state index contributed by atoms with van der Waals surface area (Å²) < 4.78 is 1.05. The van der Waals surface area contributed by atoms with E-state index in [2.05, 4.69) is 21.2 Å². The number of aromatic hydroxyl groups is 1. The summed E-state index contributed by atoms with van der Waals surface area (Å²) in [6.45, 7) is 4.06. The number of halogens is 1. The van der Waals surface area contributed by atoms with Crippen molar-refractivity contribution in [2.75, 3.05) is 5.32 Å². The molecule has 0 fully saturated rings. The normalized spacial score (nSPS) is 12.2. The summed E-state index contributed by atoms with van der Waals surface area (Å²) in [5, 5.41) is 13.3. The summed E-state index contributed by atoms with van der Waals surface area (Å²) in [5.74, 6) is 0.331. The summed E-state index contributed by atoms with van der Waals surface area (Å²) in [5.41, 5.74) is 3.09.